The molecule has 1 aromatic rings. The Morgan fingerprint density at radius 3 is 2.62 bits per heavy atom. The Labute approximate surface area is 106 Å². The Kier molecular flexibility index (Phi) is 3.34. The zero-order valence-corrected chi connectivity index (χ0v) is 11.0. The smallest absolute Gasteiger partial charge is 0.0612 e. The van der Waals surface area contributed by atoms with Crippen molar-refractivity contribution in [1.82, 2.24) is 5.32 Å². The maximum Gasteiger partial charge on any atom is 0.0612 e. The standard InChI is InChI=1S/C12H16Cl2N2/c1-12(2)6-9(7-15-12)16-8-3-4-10(13)11(14)5-8/h3-5,9,15-16H,6-7H2,1-2H3. The quantitative estimate of drug-likeness (QED) is 0.848. The normalized spacial score (nSPS) is 23.4. The molecule has 2 N–H and O–H groups in total. The van der Waals surface area contributed by atoms with Crippen molar-refractivity contribution in [3.05, 3.63) is 28.2 Å². The van der Waals surface area contributed by atoms with Crippen LogP contribution in [0, 0.1) is 0 Å². The van der Waals surface area contributed by atoms with Crippen LogP contribution in [0.3, 0.4) is 0 Å². The highest BCUT2D eigenvalue weighted by atomic mass is 35.5. The largest absolute Gasteiger partial charge is 0.381 e. The van der Waals surface area contributed by atoms with Crippen molar-refractivity contribution in [3.8, 4) is 0 Å². The molecule has 1 aliphatic heterocycles. The van der Waals surface area contributed by atoms with Gasteiger partial charge < -0.3 is 10.6 Å². The number of rotatable bonds is 2. The van der Waals surface area contributed by atoms with Gasteiger partial charge in [-0.3, -0.25) is 0 Å². The van der Waals surface area contributed by atoms with Crippen molar-refractivity contribution in [2.45, 2.75) is 31.8 Å². The van der Waals surface area contributed by atoms with Crippen LogP contribution in [0.4, 0.5) is 5.69 Å². The van der Waals surface area contributed by atoms with Gasteiger partial charge in [0.2, 0.25) is 0 Å². The van der Waals surface area contributed by atoms with Gasteiger partial charge in [0.1, 0.15) is 0 Å². The first-order chi connectivity index (χ1) is 7.46. The van der Waals surface area contributed by atoms with Gasteiger partial charge in [0.25, 0.3) is 0 Å². The molecule has 2 nitrogen and oxygen atoms in total. The molecular formula is C12H16Cl2N2. The predicted octanol–water partition coefficient (Wildman–Crippen LogP) is 3.55. The number of hydrogen-bond donors (Lipinski definition) is 2. The van der Waals surface area contributed by atoms with Crippen molar-refractivity contribution >= 4 is 28.9 Å². The predicted molar refractivity (Wildman–Crippen MR) is 70.6 cm³/mol. The molecule has 16 heavy (non-hydrogen) atoms. The second-order valence-electron chi connectivity index (χ2n) is 4.94. The van der Waals surface area contributed by atoms with Crippen LogP contribution in [-0.2, 0) is 0 Å². The molecule has 2 rings (SSSR count). The molecule has 0 spiro atoms. The van der Waals surface area contributed by atoms with E-state index in [1.807, 2.05) is 18.2 Å². The van der Waals surface area contributed by atoms with Crippen LogP contribution in [0.2, 0.25) is 10.0 Å². The van der Waals surface area contributed by atoms with Crippen LogP contribution < -0.4 is 10.6 Å². The molecule has 88 valence electrons. The fourth-order valence-electron chi connectivity index (χ4n) is 2.08. The first kappa shape index (κ1) is 12.0. The highest BCUT2D eigenvalue weighted by molar-refractivity contribution is 6.42. The number of hydrogen-bond acceptors (Lipinski definition) is 2. The van der Waals surface area contributed by atoms with E-state index in [1.165, 1.54) is 0 Å². The summed E-state index contributed by atoms with van der Waals surface area (Å²) < 4.78 is 0. The van der Waals surface area contributed by atoms with Crippen LogP contribution in [0.15, 0.2) is 18.2 Å². The zero-order valence-electron chi connectivity index (χ0n) is 9.48. The second kappa shape index (κ2) is 4.44. The van der Waals surface area contributed by atoms with Crippen molar-refractivity contribution in [2.24, 2.45) is 0 Å². The Bertz CT molecular complexity index is 391. The Morgan fingerprint density at radius 2 is 2.06 bits per heavy atom. The van der Waals surface area contributed by atoms with E-state index in [9.17, 15) is 0 Å². The van der Waals surface area contributed by atoms with Crippen LogP contribution in [0.25, 0.3) is 0 Å². The lowest BCUT2D eigenvalue weighted by Gasteiger charge is -2.18. The topological polar surface area (TPSA) is 24.1 Å². The molecule has 0 radical (unpaired) electrons. The first-order valence-electron chi connectivity index (χ1n) is 5.43. The summed E-state index contributed by atoms with van der Waals surface area (Å²) in [6, 6.07) is 6.10. The molecule has 1 heterocycles. The summed E-state index contributed by atoms with van der Waals surface area (Å²) in [6.07, 6.45) is 1.10. The van der Waals surface area contributed by atoms with E-state index < -0.39 is 0 Å². The van der Waals surface area contributed by atoms with Crippen LogP contribution in [0.1, 0.15) is 20.3 Å². The average molecular weight is 259 g/mol. The number of benzene rings is 1. The third kappa shape index (κ3) is 2.82. The van der Waals surface area contributed by atoms with Gasteiger partial charge in [-0.1, -0.05) is 23.2 Å². The first-order valence-corrected chi connectivity index (χ1v) is 6.18. The molecule has 1 aliphatic rings. The van der Waals surface area contributed by atoms with E-state index in [0.717, 1.165) is 18.7 Å². The molecule has 1 saturated heterocycles. The van der Waals surface area contributed by atoms with Crippen molar-refractivity contribution in [2.75, 3.05) is 11.9 Å². The summed E-state index contributed by atoms with van der Waals surface area (Å²) >= 11 is 11.8. The van der Waals surface area contributed by atoms with Gasteiger partial charge >= 0.3 is 0 Å². The zero-order chi connectivity index (χ0) is 11.8. The molecule has 0 amide bonds. The van der Waals surface area contributed by atoms with E-state index >= 15 is 0 Å². The monoisotopic (exact) mass is 258 g/mol. The van der Waals surface area contributed by atoms with Crippen LogP contribution >= 0.6 is 23.2 Å². The lowest BCUT2D eigenvalue weighted by Crippen LogP contribution is -2.31. The van der Waals surface area contributed by atoms with Crippen LogP contribution in [0.5, 0.6) is 0 Å². The molecule has 4 heteroatoms. The number of nitrogens with one attached hydrogen (secondary N) is 2. The minimum Gasteiger partial charge on any atom is -0.381 e. The van der Waals surface area contributed by atoms with Gasteiger partial charge in [-0.25, -0.2) is 0 Å². The summed E-state index contributed by atoms with van der Waals surface area (Å²) in [5.41, 5.74) is 1.24. The summed E-state index contributed by atoms with van der Waals surface area (Å²) in [5, 5.41) is 8.12. The third-order valence-corrected chi connectivity index (χ3v) is 3.61. The Morgan fingerprint density at radius 1 is 1.31 bits per heavy atom. The molecule has 1 aromatic carbocycles. The van der Waals surface area contributed by atoms with Gasteiger partial charge in [-0.2, -0.15) is 0 Å². The fraction of sp³-hybridized carbons (Fsp3) is 0.500. The molecule has 0 bridgehead atoms. The molecule has 0 saturated carbocycles. The van der Waals surface area contributed by atoms with Gasteiger partial charge in [0, 0.05) is 23.8 Å². The van der Waals surface area contributed by atoms with Gasteiger partial charge in [0.05, 0.1) is 10.0 Å². The van der Waals surface area contributed by atoms with E-state index in [-0.39, 0.29) is 5.54 Å². The molecule has 0 aromatic heterocycles. The Hall–Kier alpha value is -0.440. The molecular weight excluding hydrogens is 243 g/mol. The van der Waals surface area contributed by atoms with Crippen molar-refractivity contribution in [1.29, 1.82) is 0 Å². The summed E-state index contributed by atoms with van der Waals surface area (Å²) in [5.74, 6) is 0. The lowest BCUT2D eigenvalue weighted by atomic mass is 10.0. The summed E-state index contributed by atoms with van der Waals surface area (Å²) in [7, 11) is 0. The van der Waals surface area contributed by atoms with Gasteiger partial charge in [-0.15, -0.1) is 0 Å². The third-order valence-electron chi connectivity index (χ3n) is 2.87. The summed E-state index contributed by atoms with van der Waals surface area (Å²) in [6.45, 7) is 5.40. The Balaban J connectivity index is 2.02. The highest BCUT2D eigenvalue weighted by Gasteiger charge is 2.29. The van der Waals surface area contributed by atoms with E-state index in [4.69, 9.17) is 23.2 Å². The van der Waals surface area contributed by atoms with Gasteiger partial charge in [0.15, 0.2) is 0 Å². The summed E-state index contributed by atoms with van der Waals surface area (Å²) in [4.78, 5) is 0. The van der Waals surface area contributed by atoms with E-state index in [1.54, 1.807) is 0 Å². The minimum atomic E-state index is 0.216. The molecule has 1 fully saturated rings. The SMILES string of the molecule is CC1(C)CC(Nc2ccc(Cl)c(Cl)c2)CN1. The second-order valence-corrected chi connectivity index (χ2v) is 5.75. The van der Waals surface area contributed by atoms with Gasteiger partial charge in [-0.05, 0) is 38.5 Å². The average Bonchev–Trinajstić information content (AvgIpc) is 2.52. The van der Waals surface area contributed by atoms with Crippen molar-refractivity contribution in [3.63, 3.8) is 0 Å². The number of halogens is 2. The highest BCUT2D eigenvalue weighted by Crippen LogP contribution is 2.27. The van der Waals surface area contributed by atoms with Crippen molar-refractivity contribution < 1.29 is 0 Å². The minimum absolute atomic E-state index is 0.216. The molecule has 1 unspecified atom stereocenters. The molecule has 0 aliphatic carbocycles. The maximum absolute atomic E-state index is 5.97. The number of anilines is 1. The lowest BCUT2D eigenvalue weighted by molar-refractivity contribution is 0.457. The van der Waals surface area contributed by atoms with E-state index in [2.05, 4.69) is 24.5 Å². The van der Waals surface area contributed by atoms with Crippen LogP contribution in [-0.4, -0.2) is 18.1 Å². The maximum atomic E-state index is 5.97. The molecule has 1 atom stereocenters. The fourth-order valence-corrected chi connectivity index (χ4v) is 2.38. The van der Waals surface area contributed by atoms with E-state index in [0.29, 0.717) is 16.1 Å².